The second-order valence-electron chi connectivity index (χ2n) is 11.9. The largest absolute Gasteiger partial charge is 0.416 e. The number of likely N-dealkylation sites (tertiary alicyclic amines) is 1. The van der Waals surface area contributed by atoms with Crippen LogP contribution in [0.1, 0.15) is 49.5 Å². The van der Waals surface area contributed by atoms with Gasteiger partial charge in [0.05, 0.1) is 23.5 Å². The van der Waals surface area contributed by atoms with Gasteiger partial charge in [-0.3, -0.25) is 9.59 Å². The van der Waals surface area contributed by atoms with Crippen molar-refractivity contribution in [2.75, 3.05) is 17.6 Å². The molecule has 5 rings (SSSR count). The Morgan fingerprint density at radius 2 is 1.78 bits per heavy atom. The smallest absolute Gasteiger partial charge is 0.383 e. The number of benzene rings is 2. The number of nitrogens with zero attached hydrogens (tertiary/aromatic N) is 6. The Morgan fingerprint density at radius 3 is 2.40 bits per heavy atom. The Bertz CT molecular complexity index is 1820. The minimum absolute atomic E-state index is 0.0805. The highest BCUT2D eigenvalue weighted by Crippen LogP contribution is 2.33. The summed E-state index contributed by atoms with van der Waals surface area (Å²) in [5.74, 6) is -0.647. The van der Waals surface area contributed by atoms with Gasteiger partial charge < -0.3 is 16.0 Å². The summed E-state index contributed by atoms with van der Waals surface area (Å²) >= 11 is 0. The molecule has 1 unspecified atom stereocenters. The molecule has 0 radical (unpaired) electrons. The quantitative estimate of drug-likeness (QED) is 0.205. The second kappa shape index (κ2) is 12.0. The van der Waals surface area contributed by atoms with Crippen molar-refractivity contribution in [3.8, 4) is 17.3 Å². The maximum atomic E-state index is 13.3. The minimum Gasteiger partial charge on any atom is -0.383 e. The summed E-state index contributed by atoms with van der Waals surface area (Å²) in [6, 6.07) is 12.5. The lowest BCUT2D eigenvalue weighted by atomic mass is 9.93. The summed E-state index contributed by atoms with van der Waals surface area (Å²) < 4.78 is 40.3. The molecule has 45 heavy (non-hydrogen) atoms. The lowest BCUT2D eigenvalue weighted by Crippen LogP contribution is -2.39. The number of amides is 2. The van der Waals surface area contributed by atoms with E-state index < -0.39 is 17.6 Å². The molecule has 1 aliphatic heterocycles. The van der Waals surface area contributed by atoms with Gasteiger partial charge in [0.25, 0.3) is 11.8 Å². The van der Waals surface area contributed by atoms with E-state index in [9.17, 15) is 28.0 Å². The number of carbonyl (C=O) groups excluding carboxylic acids is 2. The fourth-order valence-corrected chi connectivity index (χ4v) is 5.31. The molecule has 1 fully saturated rings. The van der Waals surface area contributed by atoms with Crippen molar-refractivity contribution < 1.29 is 22.8 Å². The highest BCUT2D eigenvalue weighted by molar-refractivity contribution is 6.04. The van der Waals surface area contributed by atoms with Crippen LogP contribution in [0.25, 0.3) is 22.3 Å². The number of hydrogen-bond acceptors (Lipinski definition) is 7. The summed E-state index contributed by atoms with van der Waals surface area (Å²) in [6.45, 7) is 6.64. The number of aromatic nitrogens is 4. The first-order valence-electron chi connectivity index (χ1n) is 14.2. The average molecular weight is 617 g/mol. The summed E-state index contributed by atoms with van der Waals surface area (Å²) in [5, 5.41) is 17.7. The number of fused-ring (bicyclic) bond motifs is 1. The summed E-state index contributed by atoms with van der Waals surface area (Å²) in [4.78, 5) is 36.2. The summed E-state index contributed by atoms with van der Waals surface area (Å²) in [7, 11) is 0. The maximum absolute atomic E-state index is 13.3. The lowest BCUT2D eigenvalue weighted by Gasteiger charge is -2.25. The van der Waals surface area contributed by atoms with E-state index in [1.165, 1.54) is 6.33 Å². The van der Waals surface area contributed by atoms with Crippen LogP contribution in [0.5, 0.6) is 0 Å². The predicted octanol–water partition coefficient (Wildman–Crippen LogP) is 5.83. The highest BCUT2D eigenvalue weighted by Gasteiger charge is 2.33. The van der Waals surface area contributed by atoms with Gasteiger partial charge in [-0.25, -0.2) is 14.6 Å². The molecule has 1 aliphatic rings. The highest BCUT2D eigenvalue weighted by atomic mass is 19.4. The number of nitrogens with one attached hydrogen (secondary N) is 1. The van der Waals surface area contributed by atoms with Crippen molar-refractivity contribution in [1.29, 1.82) is 5.26 Å². The van der Waals surface area contributed by atoms with Gasteiger partial charge in [-0.15, -0.1) is 0 Å². The zero-order valence-electron chi connectivity index (χ0n) is 24.9. The van der Waals surface area contributed by atoms with Crippen molar-refractivity contribution in [3.05, 3.63) is 77.6 Å². The van der Waals surface area contributed by atoms with Crippen molar-refractivity contribution in [1.82, 2.24) is 24.6 Å². The number of halogens is 3. The zero-order chi connectivity index (χ0) is 32.5. The van der Waals surface area contributed by atoms with E-state index in [4.69, 9.17) is 10.8 Å². The Morgan fingerprint density at radius 1 is 1.09 bits per heavy atom. The third-order valence-corrected chi connectivity index (χ3v) is 7.40. The lowest BCUT2D eigenvalue weighted by molar-refractivity contribution is -0.137. The van der Waals surface area contributed by atoms with Crippen LogP contribution in [0.3, 0.4) is 0 Å². The molecule has 1 saturated heterocycles. The number of carbonyl (C=O) groups is 2. The van der Waals surface area contributed by atoms with Gasteiger partial charge in [0.15, 0.2) is 5.65 Å². The van der Waals surface area contributed by atoms with Crippen LogP contribution >= 0.6 is 0 Å². The van der Waals surface area contributed by atoms with E-state index in [1.807, 2.05) is 20.8 Å². The number of nitrogen functional groups attached to an aromatic ring is 1. The SMILES string of the molecule is CC(C)(C)C=C(C#N)C(=O)N1CCCC1Cn1nc(-c2ccc(NC(=O)c3ccc(C(F)(F)F)cc3)cc2)c2c(N)ncnc21. The van der Waals surface area contributed by atoms with Crippen LogP contribution in [0, 0.1) is 16.7 Å². The van der Waals surface area contributed by atoms with Gasteiger partial charge in [-0.05, 0) is 54.7 Å². The molecular weight excluding hydrogens is 585 g/mol. The van der Waals surface area contributed by atoms with E-state index in [0.717, 1.165) is 37.1 Å². The summed E-state index contributed by atoms with van der Waals surface area (Å²) in [6.07, 6.45) is 0.0549. The van der Waals surface area contributed by atoms with Gasteiger partial charge in [0, 0.05) is 23.4 Å². The van der Waals surface area contributed by atoms with Gasteiger partial charge in [-0.1, -0.05) is 39.0 Å². The van der Waals surface area contributed by atoms with Crippen molar-refractivity contribution in [2.24, 2.45) is 5.41 Å². The summed E-state index contributed by atoms with van der Waals surface area (Å²) in [5.41, 5.74) is 7.36. The monoisotopic (exact) mass is 616 g/mol. The van der Waals surface area contributed by atoms with Gasteiger partial charge in [-0.2, -0.15) is 23.5 Å². The number of nitrogens with two attached hydrogens (primary N) is 1. The van der Waals surface area contributed by atoms with Gasteiger partial charge in [0.2, 0.25) is 0 Å². The molecule has 3 heterocycles. The third-order valence-electron chi connectivity index (χ3n) is 7.40. The first kappa shape index (κ1) is 31.2. The molecule has 10 nitrogen and oxygen atoms in total. The molecule has 2 aromatic carbocycles. The van der Waals surface area contributed by atoms with E-state index in [0.29, 0.717) is 41.1 Å². The van der Waals surface area contributed by atoms with Crippen LogP contribution < -0.4 is 11.1 Å². The van der Waals surface area contributed by atoms with E-state index in [1.54, 1.807) is 39.9 Å². The van der Waals surface area contributed by atoms with Crippen LogP contribution in [0.2, 0.25) is 0 Å². The standard InChI is InChI=1S/C32H31F3N8O2/c1-31(2,3)15-21(16-36)30(45)42-14-4-5-24(42)17-43-28-25(27(37)38-18-39-28)26(41-43)19-8-12-23(13-9-19)40-29(44)20-6-10-22(11-7-20)32(33,34)35/h6-13,15,18,24H,4-5,14,17H2,1-3H3,(H,40,44)(H2,37,38,39). The molecule has 0 bridgehead atoms. The Labute approximate surface area is 257 Å². The molecule has 13 heteroatoms. The van der Waals surface area contributed by atoms with Crippen LogP contribution in [-0.2, 0) is 17.5 Å². The molecule has 4 aromatic rings. The Kier molecular flexibility index (Phi) is 8.34. The molecule has 0 aliphatic carbocycles. The van der Waals surface area contributed by atoms with Crippen molar-refractivity contribution in [2.45, 2.75) is 52.4 Å². The first-order valence-corrected chi connectivity index (χ1v) is 14.2. The predicted molar refractivity (Wildman–Crippen MR) is 162 cm³/mol. The van der Waals surface area contributed by atoms with Crippen molar-refractivity contribution >= 4 is 34.4 Å². The van der Waals surface area contributed by atoms with Gasteiger partial charge >= 0.3 is 6.18 Å². The second-order valence-corrected chi connectivity index (χ2v) is 11.9. The molecule has 0 saturated carbocycles. The number of nitriles is 1. The number of rotatable bonds is 6. The first-order chi connectivity index (χ1) is 21.2. The Balaban J connectivity index is 1.38. The van der Waals surface area contributed by atoms with Crippen LogP contribution in [-0.4, -0.2) is 49.0 Å². The van der Waals surface area contributed by atoms with Crippen LogP contribution in [0.4, 0.5) is 24.7 Å². The minimum atomic E-state index is -4.49. The van der Waals surface area contributed by atoms with E-state index >= 15 is 0 Å². The molecule has 0 spiro atoms. The fraction of sp³-hybridized carbons (Fsp3) is 0.312. The molecular formula is C32H31F3N8O2. The fourth-order valence-electron chi connectivity index (χ4n) is 5.31. The zero-order valence-corrected chi connectivity index (χ0v) is 24.9. The van der Waals surface area contributed by atoms with E-state index in [-0.39, 0.29) is 34.3 Å². The van der Waals surface area contributed by atoms with Crippen molar-refractivity contribution in [3.63, 3.8) is 0 Å². The Hall–Kier alpha value is -5.25. The molecule has 3 N–H and O–H groups in total. The number of allylic oxidation sites excluding steroid dienone is 1. The number of hydrogen-bond donors (Lipinski definition) is 2. The van der Waals surface area contributed by atoms with E-state index in [2.05, 4.69) is 21.4 Å². The van der Waals surface area contributed by atoms with Gasteiger partial charge in [0.1, 0.15) is 29.5 Å². The molecule has 2 aromatic heterocycles. The number of alkyl halides is 3. The maximum Gasteiger partial charge on any atom is 0.416 e. The molecule has 1 atom stereocenters. The normalized spacial score (nSPS) is 15.7. The average Bonchev–Trinajstić information content (AvgIpc) is 3.61. The molecule has 2 amide bonds. The third kappa shape index (κ3) is 6.80. The van der Waals surface area contributed by atoms with Crippen LogP contribution in [0.15, 0.2) is 66.5 Å². The topological polar surface area (TPSA) is 143 Å². The molecule has 232 valence electrons. The number of anilines is 2.